The van der Waals surface area contributed by atoms with E-state index in [1.165, 1.54) is 17.1 Å². The first-order valence-corrected chi connectivity index (χ1v) is 10.3. The number of nitrogens with zero attached hydrogens (tertiary/aromatic N) is 2. The first kappa shape index (κ1) is 16.2. The largest absolute Gasteiger partial charge is 0.299 e. The molecule has 130 valence electrons. The number of aryl methyl sites for hydroxylation is 1. The summed E-state index contributed by atoms with van der Waals surface area (Å²) in [7, 11) is -1.88. The molecule has 1 saturated carbocycles. The highest BCUT2D eigenvalue weighted by atomic mass is 32.2. The predicted molar refractivity (Wildman–Crippen MR) is 91.7 cm³/mol. The van der Waals surface area contributed by atoms with Crippen LogP contribution in [0.2, 0.25) is 0 Å². The van der Waals surface area contributed by atoms with Gasteiger partial charge in [0, 0.05) is 44.2 Å². The highest BCUT2D eigenvalue weighted by molar-refractivity contribution is 7.89. The van der Waals surface area contributed by atoms with Gasteiger partial charge in [-0.1, -0.05) is 6.07 Å². The van der Waals surface area contributed by atoms with Crippen molar-refractivity contribution in [2.45, 2.75) is 55.5 Å². The lowest BCUT2D eigenvalue weighted by Gasteiger charge is -2.25. The second-order valence-electron chi connectivity index (χ2n) is 7.29. The fraction of sp³-hybridized carbons (Fsp3) is 0.611. The third-order valence-electron chi connectivity index (χ3n) is 5.68. The highest BCUT2D eigenvalue weighted by Gasteiger charge is 2.39. The van der Waals surface area contributed by atoms with Gasteiger partial charge in [0.1, 0.15) is 0 Å². The second-order valence-corrected chi connectivity index (χ2v) is 9.28. The summed E-state index contributed by atoms with van der Waals surface area (Å²) in [6, 6.07) is 5.78. The fourth-order valence-corrected chi connectivity index (χ4v) is 5.37. The standard InChI is InChI=1S/C18H24N2O3S/c1-19(15-9-10-20(12-15)14-6-7-14)24(22,23)16-8-5-13-3-2-4-18(21)17(13)11-16/h5,8,11,14-15H,2-4,6-7,9-10,12H2,1H3. The number of benzene rings is 1. The topological polar surface area (TPSA) is 57.7 Å². The molecule has 0 bridgehead atoms. The highest BCUT2D eigenvalue weighted by Crippen LogP contribution is 2.32. The van der Waals surface area contributed by atoms with E-state index in [1.807, 2.05) is 6.07 Å². The van der Waals surface area contributed by atoms with Gasteiger partial charge in [0.05, 0.1) is 4.90 Å². The molecule has 0 spiro atoms. The number of carbonyl (C=O) groups excluding carboxylic acids is 1. The van der Waals surface area contributed by atoms with E-state index in [9.17, 15) is 13.2 Å². The maximum atomic E-state index is 13.0. The van der Waals surface area contributed by atoms with Crippen LogP contribution < -0.4 is 0 Å². The van der Waals surface area contributed by atoms with E-state index in [0.29, 0.717) is 18.0 Å². The summed E-state index contributed by atoms with van der Waals surface area (Å²) in [5, 5.41) is 0. The van der Waals surface area contributed by atoms with Crippen LogP contribution in [0.1, 0.15) is 48.0 Å². The molecule has 0 N–H and O–H groups in total. The molecule has 1 saturated heterocycles. The third kappa shape index (κ3) is 2.80. The summed E-state index contributed by atoms with van der Waals surface area (Å²) in [5.74, 6) is 0.0664. The molecule has 0 amide bonds. The number of likely N-dealkylation sites (N-methyl/N-ethyl adjacent to an activating group) is 1. The molecule has 5 nitrogen and oxygen atoms in total. The van der Waals surface area contributed by atoms with E-state index in [0.717, 1.165) is 37.9 Å². The molecule has 6 heteroatoms. The van der Waals surface area contributed by atoms with Crippen molar-refractivity contribution in [2.75, 3.05) is 20.1 Å². The van der Waals surface area contributed by atoms with Gasteiger partial charge in [-0.2, -0.15) is 4.31 Å². The van der Waals surface area contributed by atoms with Crippen LogP contribution in [-0.2, 0) is 16.4 Å². The molecule has 2 fully saturated rings. The van der Waals surface area contributed by atoms with Crippen LogP contribution in [0.3, 0.4) is 0 Å². The van der Waals surface area contributed by atoms with E-state index < -0.39 is 10.0 Å². The maximum Gasteiger partial charge on any atom is 0.243 e. The lowest BCUT2D eigenvalue weighted by Crippen LogP contribution is -2.39. The Morgan fingerprint density at radius 1 is 1.17 bits per heavy atom. The van der Waals surface area contributed by atoms with Crippen molar-refractivity contribution < 1.29 is 13.2 Å². The van der Waals surface area contributed by atoms with Gasteiger partial charge < -0.3 is 0 Å². The van der Waals surface area contributed by atoms with Crippen LogP contribution in [0.5, 0.6) is 0 Å². The molecule has 3 aliphatic rings. The predicted octanol–water partition coefficient (Wildman–Crippen LogP) is 2.06. The summed E-state index contributed by atoms with van der Waals surface area (Å²) >= 11 is 0. The minimum atomic E-state index is -3.55. The van der Waals surface area contributed by atoms with Gasteiger partial charge in [0.25, 0.3) is 0 Å². The monoisotopic (exact) mass is 348 g/mol. The molecule has 24 heavy (non-hydrogen) atoms. The van der Waals surface area contributed by atoms with Crippen molar-refractivity contribution in [3.05, 3.63) is 29.3 Å². The Bertz CT molecular complexity index is 770. The molecule has 1 aliphatic heterocycles. The van der Waals surface area contributed by atoms with Crippen LogP contribution in [-0.4, -0.2) is 55.6 Å². The summed E-state index contributed by atoms with van der Waals surface area (Å²) in [4.78, 5) is 14.8. The summed E-state index contributed by atoms with van der Waals surface area (Å²) in [6.07, 6.45) is 5.61. The lowest BCUT2D eigenvalue weighted by molar-refractivity contribution is 0.0972. The van der Waals surface area contributed by atoms with E-state index in [-0.39, 0.29) is 16.7 Å². The van der Waals surface area contributed by atoms with Crippen molar-refractivity contribution in [3.8, 4) is 0 Å². The summed E-state index contributed by atoms with van der Waals surface area (Å²) < 4.78 is 27.5. The van der Waals surface area contributed by atoms with Gasteiger partial charge in [-0.3, -0.25) is 9.69 Å². The molecule has 1 aromatic carbocycles. The number of ketones is 1. The summed E-state index contributed by atoms with van der Waals surface area (Å²) in [5.41, 5.74) is 1.58. The molecule has 1 heterocycles. The smallest absolute Gasteiger partial charge is 0.243 e. The Morgan fingerprint density at radius 2 is 1.96 bits per heavy atom. The van der Waals surface area contributed by atoms with Crippen molar-refractivity contribution >= 4 is 15.8 Å². The van der Waals surface area contributed by atoms with Gasteiger partial charge >= 0.3 is 0 Å². The zero-order valence-electron chi connectivity index (χ0n) is 14.1. The zero-order valence-corrected chi connectivity index (χ0v) is 14.9. The molecular weight excluding hydrogens is 324 g/mol. The Balaban J connectivity index is 1.58. The average Bonchev–Trinajstić information content (AvgIpc) is 3.31. The fourth-order valence-electron chi connectivity index (χ4n) is 3.97. The molecular formula is C18H24N2O3S. The lowest BCUT2D eigenvalue weighted by atomic mass is 9.91. The van der Waals surface area contributed by atoms with Crippen LogP contribution in [0.4, 0.5) is 0 Å². The van der Waals surface area contributed by atoms with Crippen LogP contribution >= 0.6 is 0 Å². The number of hydrogen-bond donors (Lipinski definition) is 0. The Morgan fingerprint density at radius 3 is 2.71 bits per heavy atom. The number of Topliss-reactive ketones (excluding diaryl/α,β-unsaturated/α-hetero) is 1. The zero-order chi connectivity index (χ0) is 16.9. The van der Waals surface area contributed by atoms with Crippen molar-refractivity contribution in [2.24, 2.45) is 0 Å². The van der Waals surface area contributed by atoms with Crippen molar-refractivity contribution in [3.63, 3.8) is 0 Å². The molecule has 0 aromatic heterocycles. The number of carbonyl (C=O) groups is 1. The van der Waals surface area contributed by atoms with Gasteiger partial charge in [-0.25, -0.2) is 8.42 Å². The number of likely N-dealkylation sites (tertiary alicyclic amines) is 1. The summed E-state index contributed by atoms with van der Waals surface area (Å²) in [6.45, 7) is 1.81. The Hall–Kier alpha value is -1.24. The Labute approximate surface area is 143 Å². The van der Waals surface area contributed by atoms with Crippen molar-refractivity contribution in [1.82, 2.24) is 9.21 Å². The minimum Gasteiger partial charge on any atom is -0.299 e. The second kappa shape index (κ2) is 5.93. The number of sulfonamides is 1. The maximum absolute atomic E-state index is 13.0. The van der Waals surface area contributed by atoms with Gasteiger partial charge in [-0.15, -0.1) is 0 Å². The van der Waals surface area contributed by atoms with E-state index in [1.54, 1.807) is 19.2 Å². The minimum absolute atomic E-state index is 0.0299. The average molecular weight is 348 g/mol. The normalized spacial score (nSPS) is 25.2. The van der Waals surface area contributed by atoms with Crippen molar-refractivity contribution in [1.29, 1.82) is 0 Å². The number of fused-ring (bicyclic) bond motifs is 1. The Kier molecular flexibility index (Phi) is 4.01. The van der Waals surface area contributed by atoms with Crippen LogP contribution in [0, 0.1) is 0 Å². The van der Waals surface area contributed by atoms with Crippen LogP contribution in [0.25, 0.3) is 0 Å². The van der Waals surface area contributed by atoms with Gasteiger partial charge in [0.15, 0.2) is 5.78 Å². The van der Waals surface area contributed by atoms with E-state index in [2.05, 4.69) is 4.90 Å². The quantitative estimate of drug-likeness (QED) is 0.836. The first-order chi connectivity index (χ1) is 11.5. The molecule has 1 aromatic rings. The molecule has 4 rings (SSSR count). The molecule has 1 atom stereocenters. The molecule has 2 aliphatic carbocycles. The van der Waals surface area contributed by atoms with Gasteiger partial charge in [0.2, 0.25) is 10.0 Å². The first-order valence-electron chi connectivity index (χ1n) is 8.85. The van der Waals surface area contributed by atoms with E-state index >= 15 is 0 Å². The van der Waals surface area contributed by atoms with E-state index in [4.69, 9.17) is 0 Å². The SMILES string of the molecule is CN(C1CCN(C2CC2)C1)S(=O)(=O)c1ccc2c(c1)C(=O)CCC2. The van der Waals surface area contributed by atoms with Gasteiger partial charge in [-0.05, 0) is 49.8 Å². The number of rotatable bonds is 4. The molecule has 0 radical (unpaired) electrons. The third-order valence-corrected chi connectivity index (χ3v) is 7.59. The molecule has 1 unspecified atom stereocenters. The number of hydrogen-bond acceptors (Lipinski definition) is 4. The van der Waals surface area contributed by atoms with Crippen LogP contribution in [0.15, 0.2) is 23.1 Å².